The second-order valence-corrected chi connectivity index (χ2v) is 7.41. The van der Waals surface area contributed by atoms with Crippen LogP contribution in [0.15, 0.2) is 42.5 Å². The number of methoxy groups -OCH3 is 2. The minimum Gasteiger partial charge on any atom is -0.497 e. The zero-order valence-electron chi connectivity index (χ0n) is 17.4. The first-order chi connectivity index (χ1) is 14.3. The summed E-state index contributed by atoms with van der Waals surface area (Å²) in [5, 5.41) is 2.71. The van der Waals surface area contributed by atoms with Crippen LogP contribution in [0.3, 0.4) is 0 Å². The molecule has 3 amide bonds. The molecule has 158 valence electrons. The van der Waals surface area contributed by atoms with E-state index >= 15 is 0 Å². The smallest absolute Gasteiger partial charge is 0.262 e. The van der Waals surface area contributed by atoms with Crippen LogP contribution in [0.2, 0.25) is 0 Å². The molecule has 0 saturated heterocycles. The van der Waals surface area contributed by atoms with Gasteiger partial charge in [0.05, 0.1) is 43.2 Å². The maximum absolute atomic E-state index is 12.7. The molecule has 0 aliphatic carbocycles. The molecule has 2 aromatic rings. The van der Waals surface area contributed by atoms with E-state index in [4.69, 9.17) is 14.2 Å². The molecular weight excluding hydrogens is 388 g/mol. The molecule has 1 aliphatic rings. The van der Waals surface area contributed by atoms with Crippen molar-refractivity contribution >= 4 is 23.4 Å². The number of imide groups is 1. The van der Waals surface area contributed by atoms with Crippen LogP contribution in [0.25, 0.3) is 0 Å². The van der Waals surface area contributed by atoms with Crippen molar-refractivity contribution in [1.29, 1.82) is 0 Å². The summed E-state index contributed by atoms with van der Waals surface area (Å²) in [6.07, 6.45) is 0. The van der Waals surface area contributed by atoms with Crippen LogP contribution in [-0.4, -0.2) is 55.6 Å². The third kappa shape index (κ3) is 4.13. The Morgan fingerprint density at radius 1 is 1.00 bits per heavy atom. The zero-order valence-corrected chi connectivity index (χ0v) is 17.4. The van der Waals surface area contributed by atoms with Crippen molar-refractivity contribution in [2.24, 2.45) is 0 Å². The van der Waals surface area contributed by atoms with Gasteiger partial charge in [-0.2, -0.15) is 0 Å². The lowest BCUT2D eigenvalue weighted by Crippen LogP contribution is -2.50. The Balaban J connectivity index is 1.59. The average molecular weight is 412 g/mol. The summed E-state index contributed by atoms with van der Waals surface area (Å²) in [4.78, 5) is 38.8. The monoisotopic (exact) mass is 412 g/mol. The first-order valence-corrected chi connectivity index (χ1v) is 9.36. The lowest BCUT2D eigenvalue weighted by molar-refractivity contribution is -0.121. The number of hydrogen-bond acceptors (Lipinski definition) is 6. The quantitative estimate of drug-likeness (QED) is 0.670. The van der Waals surface area contributed by atoms with E-state index in [0.29, 0.717) is 28.3 Å². The van der Waals surface area contributed by atoms with E-state index in [1.807, 2.05) is 0 Å². The Bertz CT molecular complexity index is 950. The van der Waals surface area contributed by atoms with E-state index in [1.165, 1.54) is 19.1 Å². The summed E-state index contributed by atoms with van der Waals surface area (Å²) in [7, 11) is 3.03. The highest BCUT2D eigenvalue weighted by Crippen LogP contribution is 2.30. The number of fused-ring (bicyclic) bond motifs is 1. The van der Waals surface area contributed by atoms with Gasteiger partial charge in [-0.25, -0.2) is 0 Å². The molecule has 0 atom stereocenters. The Hall–Kier alpha value is -3.39. The molecule has 0 radical (unpaired) electrons. The summed E-state index contributed by atoms with van der Waals surface area (Å²) >= 11 is 0. The minimum atomic E-state index is -0.925. The third-order valence-electron chi connectivity index (χ3n) is 4.77. The van der Waals surface area contributed by atoms with Crippen molar-refractivity contribution in [2.75, 3.05) is 32.8 Å². The van der Waals surface area contributed by atoms with Gasteiger partial charge < -0.3 is 19.5 Å². The van der Waals surface area contributed by atoms with Crippen LogP contribution in [-0.2, 0) is 9.53 Å². The van der Waals surface area contributed by atoms with E-state index < -0.39 is 11.4 Å². The predicted octanol–water partition coefficient (Wildman–Crippen LogP) is 2.73. The maximum Gasteiger partial charge on any atom is 0.262 e. The van der Waals surface area contributed by atoms with Gasteiger partial charge in [0.2, 0.25) is 5.91 Å². The van der Waals surface area contributed by atoms with Gasteiger partial charge >= 0.3 is 0 Å². The van der Waals surface area contributed by atoms with Gasteiger partial charge in [0, 0.05) is 6.07 Å². The lowest BCUT2D eigenvalue weighted by atomic mass is 10.0. The molecule has 0 unspecified atom stereocenters. The van der Waals surface area contributed by atoms with Crippen molar-refractivity contribution in [3.8, 4) is 11.5 Å². The number of ether oxygens (including phenoxy) is 3. The summed E-state index contributed by atoms with van der Waals surface area (Å²) in [5.74, 6) is -0.0669. The predicted molar refractivity (Wildman–Crippen MR) is 110 cm³/mol. The number of amides is 3. The first kappa shape index (κ1) is 21.3. The number of nitrogens with zero attached hydrogens (tertiary/aromatic N) is 1. The van der Waals surface area contributed by atoms with Crippen LogP contribution in [0.1, 0.15) is 34.6 Å². The van der Waals surface area contributed by atoms with E-state index in [0.717, 1.165) is 0 Å². The van der Waals surface area contributed by atoms with Crippen molar-refractivity contribution in [1.82, 2.24) is 4.90 Å². The zero-order chi connectivity index (χ0) is 21.9. The minimum absolute atomic E-state index is 0.00559. The molecule has 0 aromatic heterocycles. The van der Waals surface area contributed by atoms with Gasteiger partial charge in [0.15, 0.2) is 0 Å². The fraction of sp³-hybridized carbons (Fsp3) is 0.318. The Morgan fingerprint density at radius 2 is 1.63 bits per heavy atom. The summed E-state index contributed by atoms with van der Waals surface area (Å²) in [6, 6.07) is 11.7. The number of hydrogen-bond donors (Lipinski definition) is 1. The number of carbonyl (C=O) groups excluding carboxylic acids is 3. The lowest BCUT2D eigenvalue weighted by Gasteiger charge is -2.33. The Kier molecular flexibility index (Phi) is 6.07. The van der Waals surface area contributed by atoms with Crippen molar-refractivity contribution in [2.45, 2.75) is 19.4 Å². The van der Waals surface area contributed by atoms with Crippen molar-refractivity contribution < 1.29 is 28.6 Å². The first-order valence-electron chi connectivity index (χ1n) is 9.36. The largest absolute Gasteiger partial charge is 0.497 e. The van der Waals surface area contributed by atoms with Gasteiger partial charge in [-0.3, -0.25) is 19.3 Å². The van der Waals surface area contributed by atoms with Gasteiger partial charge in [-0.05, 0) is 38.1 Å². The molecule has 1 N–H and O–H groups in total. The summed E-state index contributed by atoms with van der Waals surface area (Å²) in [5.41, 5.74) is 0.303. The standard InChI is InChI=1S/C22H24N2O6/c1-22(2,24-20(26)15-7-5-6-8-16(15)21(24)27)13-30-12-19(25)23-17-10-9-14(28-3)11-18(17)29-4/h5-11H,12-13H2,1-4H3,(H,23,25). The topological polar surface area (TPSA) is 94.2 Å². The van der Waals surface area contributed by atoms with Gasteiger partial charge in [0.1, 0.15) is 18.1 Å². The number of anilines is 1. The molecular formula is C22H24N2O6. The number of benzene rings is 2. The molecule has 1 aliphatic heterocycles. The van der Waals surface area contributed by atoms with E-state index in [-0.39, 0.29) is 25.0 Å². The van der Waals surface area contributed by atoms with E-state index in [9.17, 15) is 14.4 Å². The molecule has 0 spiro atoms. The van der Waals surface area contributed by atoms with Crippen LogP contribution >= 0.6 is 0 Å². The number of carbonyl (C=O) groups is 3. The highest BCUT2D eigenvalue weighted by Gasteiger charge is 2.44. The van der Waals surface area contributed by atoms with Crippen LogP contribution in [0, 0.1) is 0 Å². The van der Waals surface area contributed by atoms with Crippen LogP contribution in [0.4, 0.5) is 5.69 Å². The fourth-order valence-electron chi connectivity index (χ4n) is 3.29. The van der Waals surface area contributed by atoms with Crippen LogP contribution in [0.5, 0.6) is 11.5 Å². The van der Waals surface area contributed by atoms with Crippen molar-refractivity contribution in [3.63, 3.8) is 0 Å². The molecule has 0 saturated carbocycles. The van der Waals surface area contributed by atoms with Crippen molar-refractivity contribution in [3.05, 3.63) is 53.6 Å². The Morgan fingerprint density at radius 3 is 2.20 bits per heavy atom. The molecule has 8 nitrogen and oxygen atoms in total. The summed E-state index contributed by atoms with van der Waals surface area (Å²) < 4.78 is 15.9. The summed E-state index contributed by atoms with van der Waals surface area (Å²) in [6.45, 7) is 3.20. The third-order valence-corrected chi connectivity index (χ3v) is 4.77. The molecule has 0 fully saturated rings. The molecule has 30 heavy (non-hydrogen) atoms. The molecule has 1 heterocycles. The fourth-order valence-corrected chi connectivity index (χ4v) is 3.29. The highest BCUT2D eigenvalue weighted by molar-refractivity contribution is 6.21. The SMILES string of the molecule is COc1ccc(NC(=O)COCC(C)(C)N2C(=O)c3ccccc3C2=O)c(OC)c1. The normalized spacial score (nSPS) is 13.3. The highest BCUT2D eigenvalue weighted by atomic mass is 16.5. The molecule has 8 heteroatoms. The second kappa shape index (κ2) is 8.54. The maximum atomic E-state index is 12.7. The molecule has 3 rings (SSSR count). The average Bonchev–Trinajstić information content (AvgIpc) is 2.99. The van der Waals surface area contributed by atoms with Crippen LogP contribution < -0.4 is 14.8 Å². The second-order valence-electron chi connectivity index (χ2n) is 7.41. The Labute approximate surface area is 174 Å². The van der Waals surface area contributed by atoms with E-state index in [1.54, 1.807) is 56.3 Å². The molecule has 2 aromatic carbocycles. The number of rotatable bonds is 8. The number of nitrogens with one attached hydrogen (secondary N) is 1. The van der Waals surface area contributed by atoms with E-state index in [2.05, 4.69) is 5.32 Å². The molecule has 0 bridgehead atoms. The van der Waals surface area contributed by atoms with Gasteiger partial charge in [-0.1, -0.05) is 12.1 Å². The van der Waals surface area contributed by atoms with Gasteiger partial charge in [-0.15, -0.1) is 0 Å². The van der Waals surface area contributed by atoms with Gasteiger partial charge in [0.25, 0.3) is 11.8 Å².